The number of nitrogens with one attached hydrogen (secondary N) is 2. The highest BCUT2D eigenvalue weighted by Gasteiger charge is 2.40. The van der Waals surface area contributed by atoms with Crippen LogP contribution in [0.15, 0.2) is 42.7 Å². The quantitative estimate of drug-likeness (QED) is 0.300. The smallest absolute Gasteiger partial charge is 0.349 e. The first-order valence-corrected chi connectivity index (χ1v) is 13.5. The van der Waals surface area contributed by atoms with Crippen LogP contribution >= 0.6 is 0 Å². The van der Waals surface area contributed by atoms with Gasteiger partial charge < -0.3 is 10.6 Å². The summed E-state index contributed by atoms with van der Waals surface area (Å²) < 4.78 is 80.4. The molecule has 0 bridgehead atoms. The van der Waals surface area contributed by atoms with Crippen molar-refractivity contribution >= 4 is 17.5 Å². The fourth-order valence-electron chi connectivity index (χ4n) is 5.29. The summed E-state index contributed by atoms with van der Waals surface area (Å²) in [7, 11) is 0. The Labute approximate surface area is 231 Å². The molecule has 220 valence electrons. The second-order valence-corrected chi connectivity index (χ2v) is 10.9. The van der Waals surface area contributed by atoms with Gasteiger partial charge in [-0.25, -0.2) is 22.7 Å². The summed E-state index contributed by atoms with van der Waals surface area (Å²) in [6.45, 7) is 0. The van der Waals surface area contributed by atoms with E-state index in [1.54, 1.807) is 12.3 Å². The Kier molecular flexibility index (Phi) is 7.97. The van der Waals surface area contributed by atoms with Gasteiger partial charge in [0.1, 0.15) is 5.82 Å². The monoisotopic (exact) mass is 581 g/mol. The van der Waals surface area contributed by atoms with E-state index in [1.165, 1.54) is 22.8 Å². The molecule has 2 aromatic heterocycles. The molecule has 0 radical (unpaired) electrons. The third-order valence-corrected chi connectivity index (χ3v) is 7.71. The molecule has 2 saturated carbocycles. The van der Waals surface area contributed by atoms with E-state index in [4.69, 9.17) is 0 Å². The van der Waals surface area contributed by atoms with Crippen molar-refractivity contribution in [2.75, 3.05) is 0 Å². The summed E-state index contributed by atoms with van der Waals surface area (Å²) >= 11 is 0. The second kappa shape index (κ2) is 11.3. The van der Waals surface area contributed by atoms with Gasteiger partial charge in [-0.05, 0) is 73.4 Å². The van der Waals surface area contributed by atoms with Gasteiger partial charge in [0.05, 0.1) is 36.6 Å². The van der Waals surface area contributed by atoms with Crippen LogP contribution in [0, 0.1) is 17.7 Å². The summed E-state index contributed by atoms with van der Waals surface area (Å²) in [4.78, 5) is 29.9. The predicted octanol–water partition coefficient (Wildman–Crippen LogP) is 6.07. The van der Waals surface area contributed by atoms with Crippen LogP contribution in [-0.4, -0.2) is 38.5 Å². The largest absolute Gasteiger partial charge is 0.389 e. The fourth-order valence-corrected chi connectivity index (χ4v) is 5.29. The average molecular weight is 582 g/mol. The molecular weight excluding hydrogens is 552 g/mol. The minimum atomic E-state index is -4.43. The van der Waals surface area contributed by atoms with Gasteiger partial charge in [-0.1, -0.05) is 0 Å². The maximum atomic E-state index is 13.9. The molecule has 2 N–H and O–H groups in total. The molecule has 41 heavy (non-hydrogen) atoms. The van der Waals surface area contributed by atoms with Gasteiger partial charge >= 0.3 is 6.18 Å². The Bertz CT molecular complexity index is 1390. The topological polar surface area (TPSA) is 88.4 Å². The van der Waals surface area contributed by atoms with Crippen LogP contribution in [0.4, 0.5) is 26.3 Å². The molecule has 13 heteroatoms. The van der Waals surface area contributed by atoms with Gasteiger partial charge in [0.25, 0.3) is 5.91 Å². The molecule has 2 aliphatic rings. The normalized spacial score (nSPS) is 19.1. The highest BCUT2D eigenvalue weighted by atomic mass is 19.4. The molecule has 0 spiro atoms. The first-order valence-electron chi connectivity index (χ1n) is 13.5. The van der Waals surface area contributed by atoms with E-state index >= 15 is 0 Å². The standard InChI is InChI=1S/C28H29F6N5O2/c29-20-5-3-18(4-6-20)26(41)38-25(17-7-10-27(30,31)11-8-17)21-15-39-22(36-21)13-19(14-35-39)24(16-1-2-16)37-23(40)9-12-28(32,33)34/h3-6,13-17,24-25H,1-2,7-12H2,(H,37,40)(H,38,41)/t24?,25-/m0/s1. The summed E-state index contributed by atoms with van der Waals surface area (Å²) in [6.07, 6.45) is -1.95. The highest BCUT2D eigenvalue weighted by molar-refractivity contribution is 5.94. The number of hydrogen-bond donors (Lipinski definition) is 2. The lowest BCUT2D eigenvalue weighted by Gasteiger charge is -2.33. The molecule has 5 rings (SSSR count). The van der Waals surface area contributed by atoms with Crippen LogP contribution in [0.5, 0.6) is 0 Å². The minimum absolute atomic E-state index is 0.0650. The Morgan fingerprint density at radius 2 is 1.66 bits per heavy atom. The van der Waals surface area contributed by atoms with Crippen LogP contribution in [0.2, 0.25) is 0 Å². The van der Waals surface area contributed by atoms with Crippen molar-refractivity contribution in [3.05, 3.63) is 65.4 Å². The van der Waals surface area contributed by atoms with E-state index in [0.717, 1.165) is 25.0 Å². The number of nitrogens with zero attached hydrogens (tertiary/aromatic N) is 3. The average Bonchev–Trinajstić information content (AvgIpc) is 3.67. The van der Waals surface area contributed by atoms with Crippen molar-refractivity contribution in [3.63, 3.8) is 0 Å². The Hall–Kier alpha value is -3.64. The lowest BCUT2D eigenvalue weighted by Crippen LogP contribution is -2.37. The Morgan fingerprint density at radius 3 is 2.29 bits per heavy atom. The van der Waals surface area contributed by atoms with Crippen molar-refractivity contribution in [2.24, 2.45) is 11.8 Å². The summed E-state index contributed by atoms with van der Waals surface area (Å²) in [6, 6.07) is 5.39. The molecule has 2 atom stereocenters. The SMILES string of the molecule is O=C(CCC(F)(F)F)NC(c1cnn2cc([C@@H](NC(=O)c3ccc(F)cc3)C3CCC(F)(F)CC3)nc2c1)C1CC1. The number of carbonyl (C=O) groups excluding carboxylic acids is 2. The van der Waals surface area contributed by atoms with Crippen LogP contribution in [0.1, 0.15) is 85.1 Å². The van der Waals surface area contributed by atoms with Crippen molar-refractivity contribution < 1.29 is 35.9 Å². The molecule has 2 amide bonds. The van der Waals surface area contributed by atoms with Crippen LogP contribution in [-0.2, 0) is 4.79 Å². The summed E-state index contributed by atoms with van der Waals surface area (Å²) in [5.74, 6) is -4.77. The number of hydrogen-bond acceptors (Lipinski definition) is 4. The van der Waals surface area contributed by atoms with E-state index in [9.17, 15) is 35.9 Å². The van der Waals surface area contributed by atoms with Crippen molar-refractivity contribution in [2.45, 2.75) is 75.5 Å². The zero-order valence-electron chi connectivity index (χ0n) is 21.9. The lowest BCUT2D eigenvalue weighted by atomic mass is 9.81. The van der Waals surface area contributed by atoms with Gasteiger partial charge in [-0.2, -0.15) is 18.3 Å². The third kappa shape index (κ3) is 7.36. The third-order valence-electron chi connectivity index (χ3n) is 7.71. The molecule has 2 fully saturated rings. The van der Waals surface area contributed by atoms with Gasteiger partial charge in [-0.3, -0.25) is 9.59 Å². The predicted molar refractivity (Wildman–Crippen MR) is 135 cm³/mol. The summed E-state index contributed by atoms with van der Waals surface area (Å²) in [5.41, 5.74) is 1.56. The van der Waals surface area contributed by atoms with E-state index in [0.29, 0.717) is 16.9 Å². The van der Waals surface area contributed by atoms with Gasteiger partial charge in [0, 0.05) is 24.8 Å². The fraction of sp³-hybridized carbons (Fsp3) is 0.500. The number of imidazole rings is 1. The lowest BCUT2D eigenvalue weighted by molar-refractivity contribution is -0.144. The first-order chi connectivity index (χ1) is 19.4. The highest BCUT2D eigenvalue weighted by Crippen LogP contribution is 2.43. The van der Waals surface area contributed by atoms with E-state index < -0.39 is 54.7 Å². The number of amides is 2. The molecule has 0 saturated heterocycles. The van der Waals surface area contributed by atoms with E-state index in [1.807, 2.05) is 0 Å². The molecule has 7 nitrogen and oxygen atoms in total. The molecular formula is C28H29F6N5O2. The molecule has 2 aliphatic carbocycles. The van der Waals surface area contributed by atoms with Crippen LogP contribution in [0.25, 0.3) is 5.65 Å². The number of rotatable bonds is 9. The van der Waals surface area contributed by atoms with Crippen LogP contribution in [0.3, 0.4) is 0 Å². The molecule has 3 aromatic rings. The number of benzene rings is 1. The Balaban J connectivity index is 1.39. The van der Waals surface area contributed by atoms with Gasteiger partial charge in [0.15, 0.2) is 5.65 Å². The zero-order chi connectivity index (χ0) is 29.4. The minimum Gasteiger partial charge on any atom is -0.349 e. The maximum absolute atomic E-state index is 13.9. The Morgan fingerprint density at radius 1 is 1.00 bits per heavy atom. The number of carbonyl (C=O) groups is 2. The first kappa shape index (κ1) is 28.9. The second-order valence-electron chi connectivity index (χ2n) is 10.9. The summed E-state index contributed by atoms with van der Waals surface area (Å²) in [5, 5.41) is 9.96. The van der Waals surface area contributed by atoms with Gasteiger partial charge in [0.2, 0.25) is 11.8 Å². The maximum Gasteiger partial charge on any atom is 0.389 e. The van der Waals surface area contributed by atoms with E-state index in [-0.39, 0.29) is 43.1 Å². The number of fused-ring (bicyclic) bond motifs is 1. The van der Waals surface area contributed by atoms with Crippen molar-refractivity contribution in [3.8, 4) is 0 Å². The van der Waals surface area contributed by atoms with Crippen LogP contribution < -0.4 is 10.6 Å². The number of halogens is 6. The van der Waals surface area contributed by atoms with Crippen molar-refractivity contribution in [1.29, 1.82) is 0 Å². The number of alkyl halides is 5. The molecule has 2 heterocycles. The molecule has 1 aromatic carbocycles. The van der Waals surface area contributed by atoms with Gasteiger partial charge in [-0.15, -0.1) is 0 Å². The molecule has 1 unspecified atom stereocenters. The van der Waals surface area contributed by atoms with E-state index in [2.05, 4.69) is 20.7 Å². The van der Waals surface area contributed by atoms with Crippen molar-refractivity contribution in [1.82, 2.24) is 25.2 Å². The molecule has 0 aliphatic heterocycles. The zero-order valence-corrected chi connectivity index (χ0v) is 21.9. The number of aromatic nitrogens is 3.